The molecule has 1 aromatic heterocycles. The first kappa shape index (κ1) is 24.3. The minimum Gasteiger partial charge on any atom is -0.497 e. The molecule has 7 nitrogen and oxygen atoms in total. The topological polar surface area (TPSA) is 75.4 Å². The van der Waals surface area contributed by atoms with Crippen LogP contribution < -0.4 is 14.9 Å². The van der Waals surface area contributed by atoms with Crippen LogP contribution in [0.2, 0.25) is 0 Å². The highest BCUT2D eigenvalue weighted by Gasteiger charge is 2.19. The van der Waals surface area contributed by atoms with Crippen LogP contribution in [0.3, 0.4) is 0 Å². The summed E-state index contributed by atoms with van der Waals surface area (Å²) < 4.78 is 16.9. The fraction of sp³-hybridized carbons (Fsp3) is 0.345. The Kier molecular flexibility index (Phi) is 7.51. The van der Waals surface area contributed by atoms with Crippen LogP contribution in [0.1, 0.15) is 5.56 Å². The Morgan fingerprint density at radius 1 is 0.889 bits per heavy atom. The van der Waals surface area contributed by atoms with Gasteiger partial charge in [-0.15, -0.1) is 0 Å². The number of hydrogen-bond acceptors (Lipinski definition) is 7. The highest BCUT2D eigenvalue weighted by molar-refractivity contribution is 5.90. The zero-order valence-corrected chi connectivity index (χ0v) is 20.6. The standard InChI is InChI=1S/C29H32N2O5/c1-34-23-8-6-21(7-9-23)12-13-30-14-16-31(17-15-30)19-22(32)20-35-24-10-11-28-26(18-24)29(33)25-4-2-3-5-27(25)36-28/h2-11,18,22,32H,12-17,19-20H2,1H3. The van der Waals surface area contributed by atoms with E-state index in [2.05, 4.69) is 21.9 Å². The fourth-order valence-corrected chi connectivity index (χ4v) is 4.69. The summed E-state index contributed by atoms with van der Waals surface area (Å²) in [5.74, 6) is 1.43. The van der Waals surface area contributed by atoms with Crippen molar-refractivity contribution in [3.8, 4) is 11.5 Å². The van der Waals surface area contributed by atoms with Gasteiger partial charge in [0.15, 0.2) is 0 Å². The maximum atomic E-state index is 12.8. The summed E-state index contributed by atoms with van der Waals surface area (Å²) >= 11 is 0. The van der Waals surface area contributed by atoms with Gasteiger partial charge in [-0.1, -0.05) is 24.3 Å². The average molecular weight is 489 g/mol. The van der Waals surface area contributed by atoms with Gasteiger partial charge < -0.3 is 23.9 Å². The Morgan fingerprint density at radius 2 is 1.58 bits per heavy atom. The lowest BCUT2D eigenvalue weighted by atomic mass is 10.1. The van der Waals surface area contributed by atoms with Crippen LogP contribution in [-0.2, 0) is 6.42 Å². The van der Waals surface area contributed by atoms with Gasteiger partial charge in [-0.2, -0.15) is 0 Å². The fourth-order valence-electron chi connectivity index (χ4n) is 4.69. The monoisotopic (exact) mass is 488 g/mol. The third kappa shape index (κ3) is 5.70. The van der Waals surface area contributed by atoms with E-state index in [1.165, 1.54) is 5.56 Å². The lowest BCUT2D eigenvalue weighted by Gasteiger charge is -2.35. The first-order chi connectivity index (χ1) is 17.6. The SMILES string of the molecule is COc1ccc(CCN2CCN(CC(O)COc3ccc4oc5ccccc5c(=O)c4c3)CC2)cc1. The number of rotatable bonds is 9. The van der Waals surface area contributed by atoms with Crippen molar-refractivity contribution in [1.29, 1.82) is 0 Å². The minimum atomic E-state index is -0.612. The van der Waals surface area contributed by atoms with Crippen molar-refractivity contribution < 1.29 is 19.0 Å². The Balaban J connectivity index is 1.08. The van der Waals surface area contributed by atoms with Gasteiger partial charge in [0.05, 0.1) is 17.9 Å². The van der Waals surface area contributed by atoms with Gasteiger partial charge in [-0.25, -0.2) is 0 Å². The van der Waals surface area contributed by atoms with E-state index >= 15 is 0 Å². The molecule has 1 fully saturated rings. The Labute approximate surface area is 210 Å². The number of β-amino-alcohol motifs (C(OH)–C–C–N with tert-alkyl or cyclic N) is 1. The van der Waals surface area contributed by atoms with Crippen LogP contribution in [0.5, 0.6) is 11.5 Å². The second kappa shape index (κ2) is 11.1. The Hall–Kier alpha value is -3.39. The van der Waals surface area contributed by atoms with Crippen molar-refractivity contribution in [2.75, 3.05) is 53.0 Å². The summed E-state index contributed by atoms with van der Waals surface area (Å²) in [5.41, 5.74) is 2.32. The number of hydrogen-bond donors (Lipinski definition) is 1. The molecule has 7 heteroatoms. The first-order valence-electron chi connectivity index (χ1n) is 12.4. The summed E-state index contributed by atoms with van der Waals surface area (Å²) in [6, 6.07) is 20.7. The molecule has 0 saturated carbocycles. The zero-order valence-electron chi connectivity index (χ0n) is 20.6. The van der Waals surface area contributed by atoms with E-state index in [-0.39, 0.29) is 12.0 Å². The smallest absolute Gasteiger partial charge is 0.200 e. The van der Waals surface area contributed by atoms with E-state index in [1.54, 1.807) is 37.4 Å². The van der Waals surface area contributed by atoms with Crippen molar-refractivity contribution in [2.24, 2.45) is 0 Å². The van der Waals surface area contributed by atoms with Crippen molar-refractivity contribution in [3.05, 3.63) is 82.5 Å². The van der Waals surface area contributed by atoms with Crippen LogP contribution in [-0.4, -0.2) is 74.0 Å². The van der Waals surface area contributed by atoms with Gasteiger partial charge in [0.2, 0.25) is 5.43 Å². The van der Waals surface area contributed by atoms with E-state index in [0.717, 1.165) is 44.9 Å². The van der Waals surface area contributed by atoms with Gasteiger partial charge in [-0.05, 0) is 54.4 Å². The molecule has 1 N–H and O–H groups in total. The quantitative estimate of drug-likeness (QED) is 0.361. The van der Waals surface area contributed by atoms with Crippen molar-refractivity contribution in [2.45, 2.75) is 12.5 Å². The van der Waals surface area contributed by atoms with Crippen LogP contribution in [0, 0.1) is 0 Å². The summed E-state index contributed by atoms with van der Waals surface area (Å²) in [6.07, 6.45) is 0.403. The molecule has 4 aromatic rings. The Morgan fingerprint density at radius 3 is 2.36 bits per heavy atom. The van der Waals surface area contributed by atoms with Gasteiger partial charge in [-0.3, -0.25) is 9.69 Å². The van der Waals surface area contributed by atoms with E-state index in [9.17, 15) is 9.90 Å². The number of ether oxygens (including phenoxy) is 2. The van der Waals surface area contributed by atoms with Crippen LogP contribution in [0.4, 0.5) is 0 Å². The van der Waals surface area contributed by atoms with Crippen LogP contribution >= 0.6 is 0 Å². The van der Waals surface area contributed by atoms with Crippen molar-refractivity contribution in [1.82, 2.24) is 9.80 Å². The number of para-hydroxylation sites is 1. The van der Waals surface area contributed by atoms with E-state index < -0.39 is 6.10 Å². The van der Waals surface area contributed by atoms with Gasteiger partial charge in [0, 0.05) is 39.3 Å². The molecule has 5 rings (SSSR count). The molecular weight excluding hydrogens is 456 g/mol. The highest BCUT2D eigenvalue weighted by Crippen LogP contribution is 2.23. The maximum Gasteiger partial charge on any atom is 0.200 e. The van der Waals surface area contributed by atoms with E-state index in [4.69, 9.17) is 13.9 Å². The van der Waals surface area contributed by atoms with Crippen LogP contribution in [0.25, 0.3) is 21.9 Å². The summed E-state index contributed by atoms with van der Waals surface area (Å²) in [6.45, 7) is 5.57. The number of aliphatic hydroxyl groups excluding tert-OH is 1. The molecular formula is C29H32N2O5. The molecule has 1 aliphatic heterocycles. The van der Waals surface area contributed by atoms with Crippen molar-refractivity contribution in [3.63, 3.8) is 0 Å². The number of piperazine rings is 1. The number of aliphatic hydroxyl groups is 1. The minimum absolute atomic E-state index is 0.0808. The van der Waals surface area contributed by atoms with Crippen molar-refractivity contribution >= 4 is 21.9 Å². The molecule has 0 spiro atoms. The lowest BCUT2D eigenvalue weighted by molar-refractivity contribution is 0.0463. The lowest BCUT2D eigenvalue weighted by Crippen LogP contribution is -2.49. The summed E-state index contributed by atoms with van der Waals surface area (Å²) in [5, 5.41) is 11.6. The number of nitrogens with zero attached hydrogens (tertiary/aromatic N) is 2. The zero-order chi connectivity index (χ0) is 24.9. The van der Waals surface area contributed by atoms with E-state index in [1.807, 2.05) is 24.3 Å². The average Bonchev–Trinajstić information content (AvgIpc) is 2.92. The van der Waals surface area contributed by atoms with E-state index in [0.29, 0.717) is 34.2 Å². The highest BCUT2D eigenvalue weighted by atomic mass is 16.5. The molecule has 188 valence electrons. The second-order valence-electron chi connectivity index (χ2n) is 9.29. The normalized spacial score (nSPS) is 15.8. The molecule has 1 aliphatic rings. The first-order valence-corrected chi connectivity index (χ1v) is 12.4. The molecule has 0 aliphatic carbocycles. The van der Waals surface area contributed by atoms with Gasteiger partial charge >= 0.3 is 0 Å². The molecule has 0 bridgehead atoms. The summed E-state index contributed by atoms with van der Waals surface area (Å²) in [4.78, 5) is 17.6. The molecule has 3 aromatic carbocycles. The third-order valence-electron chi connectivity index (χ3n) is 6.80. The number of fused-ring (bicyclic) bond motifs is 2. The molecule has 36 heavy (non-hydrogen) atoms. The molecule has 1 unspecified atom stereocenters. The Bertz CT molecular complexity index is 1360. The van der Waals surface area contributed by atoms with Crippen LogP contribution in [0.15, 0.2) is 75.9 Å². The molecule has 0 radical (unpaired) electrons. The largest absolute Gasteiger partial charge is 0.497 e. The van der Waals surface area contributed by atoms with Gasteiger partial charge in [0.1, 0.15) is 35.4 Å². The molecule has 2 heterocycles. The number of methoxy groups -OCH3 is 1. The molecule has 0 amide bonds. The predicted molar refractivity (Wildman–Crippen MR) is 141 cm³/mol. The maximum absolute atomic E-state index is 12.8. The second-order valence-corrected chi connectivity index (χ2v) is 9.29. The molecule has 1 saturated heterocycles. The van der Waals surface area contributed by atoms with Gasteiger partial charge in [0.25, 0.3) is 0 Å². The third-order valence-corrected chi connectivity index (χ3v) is 6.80. The molecule has 1 atom stereocenters. The number of benzene rings is 3. The summed E-state index contributed by atoms with van der Waals surface area (Å²) in [7, 11) is 1.68. The predicted octanol–water partition coefficient (Wildman–Crippen LogP) is 3.55.